The van der Waals surface area contributed by atoms with Gasteiger partial charge in [0.15, 0.2) is 0 Å². The number of nitrogens with zero attached hydrogens (tertiary/aromatic N) is 1. The van der Waals surface area contributed by atoms with E-state index in [9.17, 15) is 4.79 Å². The lowest BCUT2D eigenvalue weighted by Crippen LogP contribution is -2.54. The van der Waals surface area contributed by atoms with E-state index >= 15 is 0 Å². The van der Waals surface area contributed by atoms with Gasteiger partial charge in [-0.2, -0.15) is 0 Å². The van der Waals surface area contributed by atoms with Crippen LogP contribution >= 0.6 is 0 Å². The van der Waals surface area contributed by atoms with Gasteiger partial charge in [0.25, 0.3) is 0 Å². The van der Waals surface area contributed by atoms with Crippen LogP contribution in [0.5, 0.6) is 0 Å². The van der Waals surface area contributed by atoms with Crippen LogP contribution in [0.3, 0.4) is 0 Å². The first kappa shape index (κ1) is 14.6. The predicted molar refractivity (Wildman–Crippen MR) is 82.7 cm³/mol. The Morgan fingerprint density at radius 3 is 2.25 bits per heavy atom. The molecule has 2 bridgehead atoms. The summed E-state index contributed by atoms with van der Waals surface area (Å²) in [5, 5.41) is 0. The fourth-order valence-corrected chi connectivity index (χ4v) is 5.49. The molecule has 114 valence electrons. The molecule has 0 aromatic rings. The highest BCUT2D eigenvalue weighted by Crippen LogP contribution is 2.44. The Kier molecular flexibility index (Phi) is 4.80. The lowest BCUT2D eigenvalue weighted by atomic mass is 9.69. The Balaban J connectivity index is 1.74. The van der Waals surface area contributed by atoms with Crippen molar-refractivity contribution in [3.63, 3.8) is 0 Å². The highest BCUT2D eigenvalue weighted by atomic mass is 16.1. The van der Waals surface area contributed by atoms with Gasteiger partial charge in [0.2, 0.25) is 0 Å². The van der Waals surface area contributed by atoms with Crippen molar-refractivity contribution in [3.05, 3.63) is 0 Å². The third-order valence-electron chi connectivity index (χ3n) is 6.28. The molecular formula is C18H31NO. The van der Waals surface area contributed by atoms with E-state index in [-0.39, 0.29) is 0 Å². The van der Waals surface area contributed by atoms with Gasteiger partial charge in [0, 0.05) is 24.5 Å². The lowest BCUT2D eigenvalue weighted by molar-refractivity contribution is -0.110. The van der Waals surface area contributed by atoms with Gasteiger partial charge in [0.05, 0.1) is 0 Å². The number of carbonyl (C=O) groups excluding carboxylic acids is 1. The van der Waals surface area contributed by atoms with Crippen LogP contribution in [0.1, 0.15) is 77.6 Å². The molecule has 0 aromatic heterocycles. The molecule has 2 aliphatic carbocycles. The molecule has 3 aliphatic rings. The van der Waals surface area contributed by atoms with Crippen molar-refractivity contribution in [2.75, 3.05) is 0 Å². The molecule has 4 unspecified atom stereocenters. The lowest BCUT2D eigenvalue weighted by Gasteiger charge is -2.51. The zero-order chi connectivity index (χ0) is 13.9. The molecule has 4 atom stereocenters. The summed E-state index contributed by atoms with van der Waals surface area (Å²) in [4.78, 5) is 13.9. The zero-order valence-corrected chi connectivity index (χ0v) is 13.1. The number of likely N-dealkylation sites (tertiary alicyclic amines) is 1. The SMILES string of the molecule is CCC1CCCC(CC=O)N1C1CC2CCCC(C2)C1. The highest BCUT2D eigenvalue weighted by molar-refractivity contribution is 5.50. The minimum Gasteiger partial charge on any atom is -0.303 e. The summed E-state index contributed by atoms with van der Waals surface area (Å²) in [6, 6.07) is 2.09. The first-order valence-corrected chi connectivity index (χ1v) is 9.02. The fraction of sp³-hybridized carbons (Fsp3) is 0.944. The minimum atomic E-state index is 0.551. The molecule has 3 rings (SSSR count). The Bertz CT molecular complexity index is 317. The Labute approximate surface area is 124 Å². The van der Waals surface area contributed by atoms with Gasteiger partial charge in [-0.15, -0.1) is 0 Å². The third-order valence-corrected chi connectivity index (χ3v) is 6.28. The second-order valence-electron chi connectivity index (χ2n) is 7.52. The molecule has 2 heteroatoms. The van der Waals surface area contributed by atoms with Crippen molar-refractivity contribution in [2.24, 2.45) is 11.8 Å². The molecule has 1 aliphatic heterocycles. The summed E-state index contributed by atoms with van der Waals surface area (Å²) >= 11 is 0. The molecule has 1 heterocycles. The quantitative estimate of drug-likeness (QED) is 0.719. The number of aldehydes is 1. The second-order valence-corrected chi connectivity index (χ2v) is 7.52. The summed E-state index contributed by atoms with van der Waals surface area (Å²) in [6.07, 6.45) is 15.9. The van der Waals surface area contributed by atoms with Crippen LogP contribution in [-0.2, 0) is 4.79 Å². The average molecular weight is 277 g/mol. The Hall–Kier alpha value is -0.370. The molecule has 2 nitrogen and oxygen atoms in total. The Morgan fingerprint density at radius 2 is 1.60 bits per heavy atom. The first-order chi connectivity index (χ1) is 9.81. The molecule has 0 aromatic carbocycles. The van der Waals surface area contributed by atoms with Crippen LogP contribution in [0.2, 0.25) is 0 Å². The molecule has 1 saturated heterocycles. The van der Waals surface area contributed by atoms with Crippen LogP contribution in [0.15, 0.2) is 0 Å². The smallest absolute Gasteiger partial charge is 0.121 e. The molecule has 2 saturated carbocycles. The van der Waals surface area contributed by atoms with Crippen LogP contribution in [0.4, 0.5) is 0 Å². The molecular weight excluding hydrogens is 246 g/mol. The molecule has 0 radical (unpaired) electrons. The molecule has 0 spiro atoms. The van der Waals surface area contributed by atoms with Crippen molar-refractivity contribution >= 4 is 6.29 Å². The van der Waals surface area contributed by atoms with E-state index in [0.29, 0.717) is 6.04 Å². The van der Waals surface area contributed by atoms with Crippen LogP contribution < -0.4 is 0 Å². The van der Waals surface area contributed by atoms with Crippen LogP contribution in [0.25, 0.3) is 0 Å². The normalized spacial score (nSPS) is 42.4. The van der Waals surface area contributed by atoms with E-state index in [0.717, 1.165) is 30.3 Å². The van der Waals surface area contributed by atoms with Crippen molar-refractivity contribution < 1.29 is 4.79 Å². The number of carbonyl (C=O) groups is 1. The number of piperidine rings is 1. The summed E-state index contributed by atoms with van der Waals surface area (Å²) in [5.41, 5.74) is 0. The maximum absolute atomic E-state index is 11.1. The van der Waals surface area contributed by atoms with Gasteiger partial charge in [-0.25, -0.2) is 0 Å². The largest absolute Gasteiger partial charge is 0.303 e. The summed E-state index contributed by atoms with van der Waals surface area (Å²) in [7, 11) is 0. The maximum atomic E-state index is 11.1. The topological polar surface area (TPSA) is 20.3 Å². The minimum absolute atomic E-state index is 0.551. The van der Waals surface area contributed by atoms with Gasteiger partial charge < -0.3 is 4.79 Å². The fourth-order valence-electron chi connectivity index (χ4n) is 5.49. The van der Waals surface area contributed by atoms with Crippen molar-refractivity contribution in [3.8, 4) is 0 Å². The molecule has 20 heavy (non-hydrogen) atoms. The van der Waals surface area contributed by atoms with Crippen molar-refractivity contribution in [2.45, 2.75) is 95.7 Å². The van der Waals surface area contributed by atoms with Gasteiger partial charge in [-0.05, 0) is 50.4 Å². The summed E-state index contributed by atoms with van der Waals surface area (Å²) < 4.78 is 0. The monoisotopic (exact) mass is 277 g/mol. The van der Waals surface area contributed by atoms with E-state index < -0.39 is 0 Å². The van der Waals surface area contributed by atoms with Gasteiger partial charge in [-0.3, -0.25) is 4.90 Å². The van der Waals surface area contributed by atoms with E-state index in [2.05, 4.69) is 11.8 Å². The zero-order valence-electron chi connectivity index (χ0n) is 13.1. The number of hydrogen-bond donors (Lipinski definition) is 0. The van der Waals surface area contributed by atoms with E-state index in [4.69, 9.17) is 0 Å². The standard InChI is InChI=1S/C18H31NO/c1-2-16-7-4-8-17(9-10-20)19(16)18-12-14-5-3-6-15(11-14)13-18/h10,14-18H,2-9,11-13H2,1H3. The van der Waals surface area contributed by atoms with Gasteiger partial charge in [0.1, 0.15) is 6.29 Å². The molecule has 0 N–H and O–H groups in total. The first-order valence-electron chi connectivity index (χ1n) is 9.02. The van der Waals surface area contributed by atoms with Crippen LogP contribution in [0, 0.1) is 11.8 Å². The van der Waals surface area contributed by atoms with Crippen molar-refractivity contribution in [1.29, 1.82) is 0 Å². The number of rotatable bonds is 4. The third kappa shape index (κ3) is 2.95. The van der Waals surface area contributed by atoms with Gasteiger partial charge >= 0.3 is 0 Å². The van der Waals surface area contributed by atoms with Crippen LogP contribution in [-0.4, -0.2) is 29.3 Å². The van der Waals surface area contributed by atoms with Crippen molar-refractivity contribution in [1.82, 2.24) is 4.90 Å². The maximum Gasteiger partial charge on any atom is 0.121 e. The number of hydrogen-bond acceptors (Lipinski definition) is 2. The number of fused-ring (bicyclic) bond motifs is 2. The van der Waals surface area contributed by atoms with E-state index in [1.165, 1.54) is 70.5 Å². The summed E-state index contributed by atoms with van der Waals surface area (Å²) in [6.45, 7) is 2.34. The molecule has 0 amide bonds. The highest BCUT2D eigenvalue weighted by Gasteiger charge is 2.40. The predicted octanol–water partition coefficient (Wildman–Crippen LogP) is 4.18. The van der Waals surface area contributed by atoms with Gasteiger partial charge in [-0.1, -0.05) is 32.6 Å². The summed E-state index contributed by atoms with van der Waals surface area (Å²) in [5.74, 6) is 1.98. The average Bonchev–Trinajstić information content (AvgIpc) is 2.47. The van der Waals surface area contributed by atoms with E-state index in [1.807, 2.05) is 0 Å². The Morgan fingerprint density at radius 1 is 0.950 bits per heavy atom. The second kappa shape index (κ2) is 6.60. The van der Waals surface area contributed by atoms with E-state index in [1.54, 1.807) is 0 Å². The molecule has 3 fully saturated rings.